The van der Waals surface area contributed by atoms with Gasteiger partial charge in [-0.2, -0.15) is 13.2 Å². The normalized spacial score (nSPS) is 15.1. The Kier molecular flexibility index (Phi) is 8.57. The third-order valence-electron chi connectivity index (χ3n) is 5.23. The largest absolute Gasteiger partial charge is 0.478 e. The number of benzene rings is 1. The van der Waals surface area contributed by atoms with E-state index in [1.807, 2.05) is 0 Å². The van der Waals surface area contributed by atoms with E-state index in [0.29, 0.717) is 13.0 Å². The van der Waals surface area contributed by atoms with E-state index < -0.39 is 58.5 Å². The van der Waals surface area contributed by atoms with Crippen molar-refractivity contribution in [2.75, 3.05) is 57.2 Å². The Bertz CT molecular complexity index is 888. The van der Waals surface area contributed by atoms with Crippen LogP contribution in [0.3, 0.4) is 0 Å². The van der Waals surface area contributed by atoms with Crippen molar-refractivity contribution in [3.63, 3.8) is 0 Å². The number of aromatic carboxylic acids is 1. The van der Waals surface area contributed by atoms with Crippen molar-refractivity contribution in [2.24, 2.45) is 0 Å². The Morgan fingerprint density at radius 3 is 2.03 bits per heavy atom. The number of carboxylic acid groups (broad SMARTS) is 1. The predicted molar refractivity (Wildman–Crippen MR) is 107 cm³/mol. The Morgan fingerprint density at radius 2 is 1.55 bits per heavy atom. The van der Waals surface area contributed by atoms with Crippen molar-refractivity contribution >= 4 is 23.3 Å². The van der Waals surface area contributed by atoms with Crippen LogP contribution < -0.4 is 9.80 Å². The third-order valence-corrected chi connectivity index (χ3v) is 5.23. The molecule has 1 aliphatic heterocycles. The molecular formula is C20H25F6N3O4. The second-order valence-corrected chi connectivity index (χ2v) is 7.91. The number of rotatable bonds is 8. The van der Waals surface area contributed by atoms with Crippen molar-refractivity contribution in [1.29, 1.82) is 0 Å². The number of alkyl halides is 3. The summed E-state index contributed by atoms with van der Waals surface area (Å²) in [7, 11) is 4.68. The van der Waals surface area contributed by atoms with Crippen LogP contribution in [0.15, 0.2) is 0 Å². The summed E-state index contributed by atoms with van der Waals surface area (Å²) >= 11 is 0. The molecule has 1 amide bonds. The third kappa shape index (κ3) is 5.88. The lowest BCUT2D eigenvalue weighted by Crippen LogP contribution is -2.50. The van der Waals surface area contributed by atoms with Gasteiger partial charge in [0.15, 0.2) is 17.5 Å². The highest BCUT2D eigenvalue weighted by atomic mass is 19.4. The van der Waals surface area contributed by atoms with Crippen LogP contribution in [0.25, 0.3) is 0 Å². The summed E-state index contributed by atoms with van der Waals surface area (Å²) in [6, 6.07) is -1.34. The summed E-state index contributed by atoms with van der Waals surface area (Å²) in [4.78, 5) is 26.6. The summed E-state index contributed by atoms with van der Waals surface area (Å²) in [5.74, 6) is -10.5. The first-order valence-corrected chi connectivity index (χ1v) is 10.1. The highest BCUT2D eigenvalue weighted by Gasteiger charge is 2.48. The number of carboxylic acids is 1. The molecule has 0 aromatic heterocycles. The first-order valence-electron chi connectivity index (χ1n) is 10.1. The van der Waals surface area contributed by atoms with Gasteiger partial charge in [-0.1, -0.05) is 0 Å². The number of anilines is 2. The molecule has 1 aromatic rings. The molecule has 0 aliphatic carbocycles. The van der Waals surface area contributed by atoms with Crippen molar-refractivity contribution < 1.29 is 45.8 Å². The monoisotopic (exact) mass is 485 g/mol. The maximum Gasteiger partial charge on any atom is 0.471 e. The summed E-state index contributed by atoms with van der Waals surface area (Å²) in [5.41, 5.74) is -4.19. The SMILES string of the molecule is CN(C)CCCN(C)c1c(F)c(F)c(C(=O)O)c(N(C(=O)C(F)(F)F)C2CCOCC2)c1F. The molecule has 1 aliphatic rings. The maximum absolute atomic E-state index is 15.6. The lowest BCUT2D eigenvalue weighted by Gasteiger charge is -2.36. The molecule has 0 unspecified atom stereocenters. The van der Waals surface area contributed by atoms with Gasteiger partial charge >= 0.3 is 18.1 Å². The molecule has 0 spiro atoms. The molecule has 1 saturated heterocycles. The van der Waals surface area contributed by atoms with E-state index in [2.05, 4.69) is 0 Å². The number of carbonyl (C=O) groups excluding carboxylic acids is 1. The smallest absolute Gasteiger partial charge is 0.471 e. The van der Waals surface area contributed by atoms with E-state index in [4.69, 9.17) is 4.74 Å². The van der Waals surface area contributed by atoms with E-state index in [-0.39, 0.29) is 37.5 Å². The first kappa shape index (κ1) is 26.7. The minimum atomic E-state index is -5.52. The summed E-state index contributed by atoms with van der Waals surface area (Å²) < 4.78 is 90.5. The highest BCUT2D eigenvalue weighted by molar-refractivity contribution is 6.05. The molecule has 33 heavy (non-hydrogen) atoms. The van der Waals surface area contributed by atoms with Gasteiger partial charge in [-0.3, -0.25) is 9.69 Å². The highest BCUT2D eigenvalue weighted by Crippen LogP contribution is 2.40. The van der Waals surface area contributed by atoms with Crippen molar-refractivity contribution in [2.45, 2.75) is 31.5 Å². The Labute approximate surface area is 186 Å². The van der Waals surface area contributed by atoms with Gasteiger partial charge in [-0.05, 0) is 39.9 Å². The predicted octanol–water partition coefficient (Wildman–Crippen LogP) is 3.26. The van der Waals surface area contributed by atoms with Crippen LogP contribution in [0.4, 0.5) is 37.7 Å². The number of hydrogen-bond acceptors (Lipinski definition) is 5. The molecule has 1 fully saturated rings. The maximum atomic E-state index is 15.6. The van der Waals surface area contributed by atoms with Gasteiger partial charge in [0.05, 0.1) is 0 Å². The second kappa shape index (κ2) is 10.6. The second-order valence-electron chi connectivity index (χ2n) is 7.91. The topological polar surface area (TPSA) is 73.3 Å². The fraction of sp³-hybridized carbons (Fsp3) is 0.600. The fourth-order valence-corrected chi connectivity index (χ4v) is 3.66. The summed E-state index contributed by atoms with van der Waals surface area (Å²) in [6.45, 7) is 0.285. The molecule has 0 atom stereocenters. The zero-order valence-electron chi connectivity index (χ0n) is 18.3. The zero-order valence-corrected chi connectivity index (χ0v) is 18.3. The van der Waals surface area contributed by atoms with E-state index in [1.54, 1.807) is 19.0 Å². The van der Waals surface area contributed by atoms with Crippen molar-refractivity contribution in [1.82, 2.24) is 4.90 Å². The number of amides is 1. The van der Waals surface area contributed by atoms with Crippen LogP contribution in [0.5, 0.6) is 0 Å². The van der Waals surface area contributed by atoms with Crippen LogP contribution in [0.1, 0.15) is 29.6 Å². The van der Waals surface area contributed by atoms with Crippen LogP contribution in [-0.2, 0) is 9.53 Å². The van der Waals surface area contributed by atoms with Gasteiger partial charge in [-0.15, -0.1) is 0 Å². The number of ether oxygens (including phenoxy) is 1. The number of nitrogens with zero attached hydrogens (tertiary/aromatic N) is 3. The Balaban J connectivity index is 2.74. The first-order chi connectivity index (χ1) is 15.3. The summed E-state index contributed by atoms with van der Waals surface area (Å²) in [6.07, 6.45) is -5.55. The van der Waals surface area contributed by atoms with E-state index >= 15 is 4.39 Å². The van der Waals surface area contributed by atoms with Gasteiger partial charge in [-0.25, -0.2) is 18.0 Å². The van der Waals surface area contributed by atoms with Gasteiger partial charge in [0.2, 0.25) is 0 Å². The molecule has 186 valence electrons. The molecule has 0 bridgehead atoms. The molecular weight excluding hydrogens is 460 g/mol. The lowest BCUT2D eigenvalue weighted by atomic mass is 10.0. The van der Waals surface area contributed by atoms with E-state index in [1.165, 1.54) is 7.05 Å². The van der Waals surface area contributed by atoms with Crippen LogP contribution in [0.2, 0.25) is 0 Å². The molecule has 1 N–H and O–H groups in total. The minimum Gasteiger partial charge on any atom is -0.478 e. The van der Waals surface area contributed by atoms with E-state index in [9.17, 15) is 36.6 Å². The standard InChI is InChI=1S/C20H25F6N3O4/c1-27(2)7-4-8-28(3)17-14(22)13(21)12(18(30)31)16(15(17)23)29(19(32)20(24,25)26)11-5-9-33-10-6-11/h11H,4-10H2,1-3H3,(H,30,31). The number of halogens is 6. The fourth-order valence-electron chi connectivity index (χ4n) is 3.66. The van der Waals surface area contributed by atoms with Gasteiger partial charge < -0.3 is 19.6 Å². The average Bonchev–Trinajstić information content (AvgIpc) is 2.71. The zero-order chi connectivity index (χ0) is 25.1. The van der Waals surface area contributed by atoms with E-state index in [0.717, 1.165) is 4.90 Å². The molecule has 0 radical (unpaired) electrons. The summed E-state index contributed by atoms with van der Waals surface area (Å²) in [5, 5.41) is 9.42. The molecule has 7 nitrogen and oxygen atoms in total. The van der Waals surface area contributed by atoms with Crippen molar-refractivity contribution in [3.8, 4) is 0 Å². The molecule has 13 heteroatoms. The van der Waals surface area contributed by atoms with Crippen LogP contribution >= 0.6 is 0 Å². The molecule has 2 rings (SSSR count). The Morgan fingerprint density at radius 1 is 0.970 bits per heavy atom. The number of carbonyl (C=O) groups is 2. The van der Waals surface area contributed by atoms with Gasteiger partial charge in [0.25, 0.3) is 0 Å². The molecule has 1 heterocycles. The Hall–Kier alpha value is -2.54. The molecule has 1 aromatic carbocycles. The molecule has 0 saturated carbocycles. The van der Waals surface area contributed by atoms with Gasteiger partial charge in [0, 0.05) is 32.8 Å². The van der Waals surface area contributed by atoms with Gasteiger partial charge in [0.1, 0.15) is 16.9 Å². The lowest BCUT2D eigenvalue weighted by molar-refractivity contribution is -0.171. The van der Waals surface area contributed by atoms with Crippen LogP contribution in [-0.4, -0.2) is 81.5 Å². The van der Waals surface area contributed by atoms with Crippen LogP contribution in [0, 0.1) is 17.5 Å². The number of hydrogen-bond donors (Lipinski definition) is 1. The van der Waals surface area contributed by atoms with Crippen molar-refractivity contribution in [3.05, 3.63) is 23.0 Å². The quantitative estimate of drug-likeness (QED) is 0.450. The average molecular weight is 485 g/mol. The minimum absolute atomic E-state index is 0.0260.